The highest BCUT2D eigenvalue weighted by Crippen LogP contribution is 2.30. The molecule has 0 N–H and O–H groups in total. The van der Waals surface area contributed by atoms with Crippen LogP contribution in [0.1, 0.15) is 38.8 Å². The molecule has 1 rings (SSSR count). The molecule has 0 saturated carbocycles. The van der Waals surface area contributed by atoms with Gasteiger partial charge in [-0.15, -0.1) is 0 Å². The fraction of sp³-hybridized carbons (Fsp3) is 0.500. The van der Waals surface area contributed by atoms with E-state index in [0.29, 0.717) is 5.56 Å². The van der Waals surface area contributed by atoms with Gasteiger partial charge in [-0.25, -0.2) is 0 Å². The maximum atomic E-state index is 12.0. The number of benzene rings is 1. The van der Waals surface area contributed by atoms with Crippen LogP contribution >= 0.6 is 0 Å². The van der Waals surface area contributed by atoms with Gasteiger partial charge in [0.1, 0.15) is 0 Å². The number of carbonyl (C=O) groups is 2. The van der Waals surface area contributed by atoms with Gasteiger partial charge in [0, 0.05) is 0 Å². The van der Waals surface area contributed by atoms with E-state index in [1.165, 1.54) is 21.1 Å². The molecule has 0 spiro atoms. The highest BCUT2D eigenvalue weighted by molar-refractivity contribution is 6.05. The third kappa shape index (κ3) is 2.84. The number of carbonyl (C=O) groups excluding carboxylic acids is 2. The van der Waals surface area contributed by atoms with Gasteiger partial charge in [-0.2, -0.15) is 0 Å². The minimum Gasteiger partial charge on any atom is -0.468 e. The molecule has 0 radical (unpaired) electrons. The first-order chi connectivity index (χ1) is 9.17. The van der Waals surface area contributed by atoms with Crippen LogP contribution in [-0.2, 0) is 29.9 Å². The Morgan fingerprint density at radius 1 is 0.800 bits per heavy atom. The molecule has 0 aliphatic rings. The molecule has 0 unspecified atom stereocenters. The highest BCUT2D eigenvalue weighted by atomic mass is 16.5. The van der Waals surface area contributed by atoms with Gasteiger partial charge in [-0.05, 0) is 23.5 Å². The van der Waals surface area contributed by atoms with Gasteiger partial charge < -0.3 is 9.47 Å². The largest absolute Gasteiger partial charge is 0.468 e. The lowest BCUT2D eigenvalue weighted by molar-refractivity contribution is -0.160. The minimum absolute atomic E-state index is 0.00542. The lowest BCUT2D eigenvalue weighted by atomic mass is 9.80. The Kier molecular flexibility index (Phi) is 4.58. The van der Waals surface area contributed by atoms with Gasteiger partial charge in [0.15, 0.2) is 5.41 Å². The van der Waals surface area contributed by atoms with Crippen molar-refractivity contribution < 1.29 is 19.1 Å². The predicted molar refractivity (Wildman–Crippen MR) is 76.5 cm³/mol. The zero-order valence-electron chi connectivity index (χ0n) is 12.9. The number of ether oxygens (including phenoxy) is 2. The molecule has 20 heavy (non-hydrogen) atoms. The quantitative estimate of drug-likeness (QED) is 0.630. The Labute approximate surface area is 120 Å². The first kappa shape index (κ1) is 16.2. The van der Waals surface area contributed by atoms with E-state index in [2.05, 4.69) is 20.8 Å². The monoisotopic (exact) mass is 278 g/mol. The summed E-state index contributed by atoms with van der Waals surface area (Å²) in [6.07, 6.45) is 0. The van der Waals surface area contributed by atoms with Crippen LogP contribution in [-0.4, -0.2) is 26.2 Å². The van der Waals surface area contributed by atoms with Crippen LogP contribution in [0.25, 0.3) is 0 Å². The lowest BCUT2D eigenvalue weighted by Gasteiger charge is -2.25. The van der Waals surface area contributed by atoms with Crippen molar-refractivity contribution in [3.05, 3.63) is 35.4 Å². The molecule has 1 aromatic carbocycles. The normalized spacial score (nSPS) is 11.9. The Morgan fingerprint density at radius 2 is 1.15 bits per heavy atom. The van der Waals surface area contributed by atoms with Gasteiger partial charge in [0.25, 0.3) is 0 Å². The third-order valence-corrected chi connectivity index (χ3v) is 3.52. The molecule has 0 aliphatic carbocycles. The summed E-state index contributed by atoms with van der Waals surface area (Å²) in [4.78, 5) is 24.0. The first-order valence-electron chi connectivity index (χ1n) is 6.45. The average molecular weight is 278 g/mol. The second-order valence-corrected chi connectivity index (χ2v) is 5.94. The Morgan fingerprint density at radius 3 is 1.45 bits per heavy atom. The van der Waals surface area contributed by atoms with Crippen LogP contribution in [0.5, 0.6) is 0 Å². The lowest BCUT2D eigenvalue weighted by Crippen LogP contribution is -2.42. The summed E-state index contributed by atoms with van der Waals surface area (Å²) in [7, 11) is 2.51. The molecule has 0 saturated heterocycles. The van der Waals surface area contributed by atoms with E-state index >= 15 is 0 Å². The number of rotatable bonds is 3. The van der Waals surface area contributed by atoms with Crippen LogP contribution < -0.4 is 0 Å². The topological polar surface area (TPSA) is 52.6 Å². The SMILES string of the molecule is COC(=O)C(C)(C(=O)OC)c1ccc(C(C)(C)C)cc1. The van der Waals surface area contributed by atoms with E-state index in [-0.39, 0.29) is 5.41 Å². The van der Waals surface area contributed by atoms with Gasteiger partial charge in [0.05, 0.1) is 14.2 Å². The van der Waals surface area contributed by atoms with Crippen molar-refractivity contribution in [3.63, 3.8) is 0 Å². The highest BCUT2D eigenvalue weighted by Gasteiger charge is 2.45. The molecule has 4 heteroatoms. The summed E-state index contributed by atoms with van der Waals surface area (Å²) in [5, 5.41) is 0. The Balaban J connectivity index is 3.30. The van der Waals surface area contributed by atoms with E-state index in [0.717, 1.165) is 5.56 Å². The van der Waals surface area contributed by atoms with Crippen LogP contribution in [0.15, 0.2) is 24.3 Å². The summed E-state index contributed by atoms with van der Waals surface area (Å²) in [5.41, 5.74) is 0.244. The molecule has 110 valence electrons. The van der Waals surface area contributed by atoms with Gasteiger partial charge in [-0.3, -0.25) is 9.59 Å². The fourth-order valence-corrected chi connectivity index (χ4v) is 2.03. The van der Waals surface area contributed by atoms with Crippen molar-refractivity contribution in [1.82, 2.24) is 0 Å². The summed E-state index contributed by atoms with van der Waals surface area (Å²) < 4.78 is 9.50. The van der Waals surface area contributed by atoms with Crippen molar-refractivity contribution in [2.24, 2.45) is 0 Å². The zero-order chi connectivity index (χ0) is 15.6. The Hall–Kier alpha value is -1.84. The molecule has 0 bridgehead atoms. The summed E-state index contributed by atoms with van der Waals surface area (Å²) in [6, 6.07) is 7.38. The van der Waals surface area contributed by atoms with E-state index < -0.39 is 17.4 Å². The summed E-state index contributed by atoms with van der Waals surface area (Å²) in [6.45, 7) is 7.81. The second kappa shape index (κ2) is 5.65. The summed E-state index contributed by atoms with van der Waals surface area (Å²) >= 11 is 0. The second-order valence-electron chi connectivity index (χ2n) is 5.94. The molecular weight excluding hydrogens is 256 g/mol. The molecule has 0 fully saturated rings. The van der Waals surface area contributed by atoms with Gasteiger partial charge in [-0.1, -0.05) is 45.0 Å². The standard InChI is InChI=1S/C16H22O4/c1-15(2,3)11-7-9-12(10-8-11)16(4,13(17)19-5)14(18)20-6/h7-10H,1-6H3. The number of methoxy groups -OCH3 is 2. The van der Waals surface area contributed by atoms with E-state index in [4.69, 9.17) is 9.47 Å². The number of hydrogen-bond acceptors (Lipinski definition) is 4. The van der Waals surface area contributed by atoms with Gasteiger partial charge >= 0.3 is 11.9 Å². The third-order valence-electron chi connectivity index (χ3n) is 3.52. The minimum atomic E-state index is -1.44. The van der Waals surface area contributed by atoms with Crippen molar-refractivity contribution in [3.8, 4) is 0 Å². The maximum absolute atomic E-state index is 12.0. The molecule has 4 nitrogen and oxygen atoms in total. The molecule has 0 atom stereocenters. The van der Waals surface area contributed by atoms with Crippen molar-refractivity contribution in [2.75, 3.05) is 14.2 Å². The zero-order valence-corrected chi connectivity index (χ0v) is 12.9. The average Bonchev–Trinajstić information content (AvgIpc) is 2.43. The number of hydrogen-bond donors (Lipinski definition) is 0. The van der Waals surface area contributed by atoms with Crippen molar-refractivity contribution in [2.45, 2.75) is 38.5 Å². The molecule has 1 aromatic rings. The fourth-order valence-electron chi connectivity index (χ4n) is 2.03. The molecular formula is C16H22O4. The summed E-state index contributed by atoms with van der Waals surface area (Å²) in [5.74, 6) is -1.26. The number of esters is 2. The van der Waals surface area contributed by atoms with Crippen molar-refractivity contribution >= 4 is 11.9 Å². The maximum Gasteiger partial charge on any atom is 0.327 e. The first-order valence-corrected chi connectivity index (χ1v) is 6.45. The van der Waals surface area contributed by atoms with E-state index in [1.54, 1.807) is 12.1 Å². The van der Waals surface area contributed by atoms with Crippen LogP contribution in [0.4, 0.5) is 0 Å². The molecule has 0 heterocycles. The molecule has 0 amide bonds. The van der Waals surface area contributed by atoms with Crippen LogP contribution in [0.3, 0.4) is 0 Å². The Bertz CT molecular complexity index is 478. The molecule has 0 aliphatic heterocycles. The molecule has 0 aromatic heterocycles. The van der Waals surface area contributed by atoms with Gasteiger partial charge in [0.2, 0.25) is 0 Å². The smallest absolute Gasteiger partial charge is 0.327 e. The van der Waals surface area contributed by atoms with Crippen LogP contribution in [0.2, 0.25) is 0 Å². The van der Waals surface area contributed by atoms with Crippen molar-refractivity contribution in [1.29, 1.82) is 0 Å². The predicted octanol–water partition coefficient (Wildman–Crippen LogP) is 2.59. The van der Waals surface area contributed by atoms with E-state index in [1.807, 2.05) is 12.1 Å². The van der Waals surface area contributed by atoms with E-state index in [9.17, 15) is 9.59 Å². The van der Waals surface area contributed by atoms with Crippen LogP contribution in [0, 0.1) is 0 Å².